The monoisotopic (exact) mass is 419 g/mol. The molecule has 0 unspecified atom stereocenters. The minimum Gasteiger partial charge on any atom is -0.454 e. The normalized spacial score (nSPS) is 12.5. The average Bonchev–Trinajstić information content (AvgIpc) is 2.79. The number of hydrogen-bond donors (Lipinski definition) is 1. The summed E-state index contributed by atoms with van der Waals surface area (Å²) in [6.07, 6.45) is -1.19. The molecule has 1 amide bonds. The SMILES string of the molecule is C[C@H](OC(=O)C[C@H](NC(=O)c1ccccc1)c1ccccc1)C(=O)c1ccc(F)cc1. The molecule has 1 N–H and O–H groups in total. The molecule has 0 aliphatic heterocycles. The van der Waals surface area contributed by atoms with Crippen LogP contribution < -0.4 is 5.32 Å². The minimum atomic E-state index is -1.04. The van der Waals surface area contributed by atoms with Crippen molar-refractivity contribution in [2.75, 3.05) is 0 Å². The Morgan fingerprint density at radius 1 is 0.839 bits per heavy atom. The van der Waals surface area contributed by atoms with Gasteiger partial charge in [0.05, 0.1) is 12.5 Å². The Hall–Kier alpha value is -3.80. The van der Waals surface area contributed by atoms with Gasteiger partial charge in [0.25, 0.3) is 5.91 Å². The fourth-order valence-electron chi connectivity index (χ4n) is 3.08. The highest BCUT2D eigenvalue weighted by Crippen LogP contribution is 2.19. The maximum Gasteiger partial charge on any atom is 0.308 e. The molecule has 0 heterocycles. The second-order valence-electron chi connectivity index (χ2n) is 7.01. The fourth-order valence-corrected chi connectivity index (χ4v) is 3.08. The Balaban J connectivity index is 1.68. The summed E-state index contributed by atoms with van der Waals surface area (Å²) in [5.74, 6) is -1.85. The Kier molecular flexibility index (Phi) is 7.27. The quantitative estimate of drug-likeness (QED) is 0.431. The van der Waals surface area contributed by atoms with E-state index in [0.29, 0.717) is 5.56 Å². The molecular weight excluding hydrogens is 397 g/mol. The van der Waals surface area contributed by atoms with Gasteiger partial charge in [-0.05, 0) is 48.9 Å². The molecule has 31 heavy (non-hydrogen) atoms. The van der Waals surface area contributed by atoms with E-state index in [9.17, 15) is 18.8 Å². The molecule has 0 saturated heterocycles. The zero-order valence-corrected chi connectivity index (χ0v) is 17.0. The lowest BCUT2D eigenvalue weighted by Gasteiger charge is -2.20. The van der Waals surface area contributed by atoms with E-state index >= 15 is 0 Å². The van der Waals surface area contributed by atoms with Crippen LogP contribution in [-0.2, 0) is 9.53 Å². The van der Waals surface area contributed by atoms with Gasteiger partial charge < -0.3 is 10.1 Å². The summed E-state index contributed by atoms with van der Waals surface area (Å²) in [5.41, 5.74) is 1.46. The number of ketones is 1. The van der Waals surface area contributed by atoms with E-state index in [2.05, 4.69) is 5.32 Å². The number of halogens is 1. The molecule has 0 bridgehead atoms. The molecule has 158 valence electrons. The standard InChI is InChI=1S/C25H22FNO4/c1-17(24(29)19-12-14-21(26)15-13-19)31-23(28)16-22(18-8-4-2-5-9-18)27-25(30)20-10-6-3-7-11-20/h2-15,17,22H,16H2,1H3,(H,27,30)/t17-,22-/m0/s1. The van der Waals surface area contributed by atoms with Crippen LogP contribution in [0.5, 0.6) is 0 Å². The minimum absolute atomic E-state index is 0.149. The third-order valence-corrected chi connectivity index (χ3v) is 4.72. The molecule has 0 aliphatic carbocycles. The lowest BCUT2D eigenvalue weighted by Crippen LogP contribution is -2.32. The van der Waals surface area contributed by atoms with E-state index in [1.165, 1.54) is 31.2 Å². The van der Waals surface area contributed by atoms with Gasteiger partial charge >= 0.3 is 5.97 Å². The van der Waals surface area contributed by atoms with Gasteiger partial charge in [-0.25, -0.2) is 4.39 Å². The third kappa shape index (κ3) is 6.09. The summed E-state index contributed by atoms with van der Waals surface area (Å²) >= 11 is 0. The zero-order chi connectivity index (χ0) is 22.2. The predicted molar refractivity (Wildman–Crippen MR) is 114 cm³/mol. The van der Waals surface area contributed by atoms with Crippen molar-refractivity contribution in [1.82, 2.24) is 5.32 Å². The van der Waals surface area contributed by atoms with Crippen LogP contribution in [0, 0.1) is 5.82 Å². The molecule has 3 rings (SSSR count). The van der Waals surface area contributed by atoms with Gasteiger partial charge in [0.15, 0.2) is 6.10 Å². The van der Waals surface area contributed by atoms with Gasteiger partial charge in [-0.3, -0.25) is 14.4 Å². The lowest BCUT2D eigenvalue weighted by molar-refractivity contribution is -0.146. The first-order valence-electron chi connectivity index (χ1n) is 9.84. The number of carbonyl (C=O) groups excluding carboxylic acids is 3. The number of amides is 1. The van der Waals surface area contributed by atoms with Gasteiger partial charge in [-0.2, -0.15) is 0 Å². The predicted octanol–water partition coefficient (Wildman–Crippen LogP) is 4.50. The van der Waals surface area contributed by atoms with E-state index in [1.54, 1.807) is 36.4 Å². The lowest BCUT2D eigenvalue weighted by atomic mass is 10.0. The van der Waals surface area contributed by atoms with E-state index in [4.69, 9.17) is 4.74 Å². The molecule has 0 saturated carbocycles. The molecule has 0 fully saturated rings. The number of benzene rings is 3. The highest BCUT2D eigenvalue weighted by Gasteiger charge is 2.24. The van der Waals surface area contributed by atoms with E-state index in [0.717, 1.165) is 5.56 Å². The van der Waals surface area contributed by atoms with Crippen molar-refractivity contribution in [2.24, 2.45) is 0 Å². The van der Waals surface area contributed by atoms with Gasteiger partial charge in [0, 0.05) is 11.1 Å². The number of carbonyl (C=O) groups is 3. The second-order valence-corrected chi connectivity index (χ2v) is 7.01. The smallest absolute Gasteiger partial charge is 0.308 e. The molecular formula is C25H22FNO4. The molecule has 0 aromatic heterocycles. The molecule has 6 heteroatoms. The summed E-state index contributed by atoms with van der Waals surface area (Å²) in [4.78, 5) is 37.6. The van der Waals surface area contributed by atoms with Crippen LogP contribution in [-0.4, -0.2) is 23.8 Å². The molecule has 2 atom stereocenters. The Labute approximate surface area is 179 Å². The number of Topliss-reactive ketones (excluding diaryl/α,β-unsaturated/α-hetero) is 1. The van der Waals surface area contributed by atoms with Crippen LogP contribution in [0.25, 0.3) is 0 Å². The first kappa shape index (κ1) is 21.9. The Bertz CT molecular complexity index is 1040. The van der Waals surface area contributed by atoms with Gasteiger partial charge in [-0.1, -0.05) is 48.5 Å². The van der Waals surface area contributed by atoms with Crippen LogP contribution in [0.1, 0.15) is 45.7 Å². The van der Waals surface area contributed by atoms with Gasteiger partial charge in [-0.15, -0.1) is 0 Å². The van der Waals surface area contributed by atoms with Crippen LogP contribution in [0.15, 0.2) is 84.9 Å². The maximum absolute atomic E-state index is 13.1. The fraction of sp³-hybridized carbons (Fsp3) is 0.160. The van der Waals surface area contributed by atoms with Crippen LogP contribution in [0.4, 0.5) is 4.39 Å². The largest absolute Gasteiger partial charge is 0.454 e. The summed E-state index contributed by atoms with van der Waals surface area (Å²) in [7, 11) is 0. The Morgan fingerprint density at radius 2 is 1.42 bits per heavy atom. The van der Waals surface area contributed by atoms with Crippen molar-refractivity contribution in [3.8, 4) is 0 Å². The number of ether oxygens (including phenoxy) is 1. The average molecular weight is 419 g/mol. The van der Waals surface area contributed by atoms with Crippen molar-refractivity contribution in [2.45, 2.75) is 25.5 Å². The molecule has 0 spiro atoms. The number of nitrogens with one attached hydrogen (secondary N) is 1. The number of hydrogen-bond acceptors (Lipinski definition) is 4. The number of rotatable bonds is 8. The summed E-state index contributed by atoms with van der Waals surface area (Å²) < 4.78 is 18.4. The molecule has 5 nitrogen and oxygen atoms in total. The van der Waals surface area contributed by atoms with Crippen LogP contribution in [0.3, 0.4) is 0 Å². The molecule has 3 aromatic rings. The highest BCUT2D eigenvalue weighted by molar-refractivity contribution is 6.00. The van der Waals surface area contributed by atoms with Crippen LogP contribution >= 0.6 is 0 Å². The maximum atomic E-state index is 13.1. The van der Waals surface area contributed by atoms with Crippen LogP contribution in [0.2, 0.25) is 0 Å². The first-order chi connectivity index (χ1) is 14.9. The number of esters is 1. The van der Waals surface area contributed by atoms with Crippen molar-refractivity contribution in [3.63, 3.8) is 0 Å². The third-order valence-electron chi connectivity index (χ3n) is 4.72. The summed E-state index contributed by atoms with van der Waals surface area (Å²) in [6, 6.07) is 22.1. The second kappa shape index (κ2) is 10.3. The summed E-state index contributed by atoms with van der Waals surface area (Å²) in [5, 5.41) is 2.85. The Morgan fingerprint density at radius 3 is 2.03 bits per heavy atom. The van der Waals surface area contributed by atoms with Crippen molar-refractivity contribution < 1.29 is 23.5 Å². The van der Waals surface area contributed by atoms with Crippen molar-refractivity contribution in [1.29, 1.82) is 0 Å². The van der Waals surface area contributed by atoms with E-state index < -0.39 is 29.7 Å². The molecule has 0 radical (unpaired) electrons. The van der Waals surface area contributed by atoms with Crippen molar-refractivity contribution >= 4 is 17.7 Å². The first-order valence-corrected chi connectivity index (χ1v) is 9.84. The zero-order valence-electron chi connectivity index (χ0n) is 17.0. The topological polar surface area (TPSA) is 72.5 Å². The highest BCUT2D eigenvalue weighted by atomic mass is 19.1. The van der Waals surface area contributed by atoms with E-state index in [-0.39, 0.29) is 17.9 Å². The molecule has 0 aliphatic rings. The van der Waals surface area contributed by atoms with E-state index in [1.807, 2.05) is 24.3 Å². The summed E-state index contributed by atoms with van der Waals surface area (Å²) in [6.45, 7) is 1.46. The van der Waals surface area contributed by atoms with Gasteiger partial charge in [0.1, 0.15) is 5.82 Å². The van der Waals surface area contributed by atoms with Gasteiger partial charge in [0.2, 0.25) is 5.78 Å². The molecule has 3 aromatic carbocycles. The van der Waals surface area contributed by atoms with Crippen molar-refractivity contribution in [3.05, 3.63) is 107 Å².